The third-order valence-corrected chi connectivity index (χ3v) is 2.44. The maximum atomic E-state index is 10.4. The summed E-state index contributed by atoms with van der Waals surface area (Å²) in [6, 6.07) is -0.694. The summed E-state index contributed by atoms with van der Waals surface area (Å²) in [5.41, 5.74) is 4.85. The van der Waals surface area contributed by atoms with E-state index < -0.39 is 6.03 Å². The molecule has 0 atom stereocenters. The van der Waals surface area contributed by atoms with E-state index in [1.54, 1.807) is 11.8 Å². The van der Waals surface area contributed by atoms with Crippen molar-refractivity contribution in [1.82, 2.24) is 20.5 Å². The SMILES string of the molecule is N=C(CCSCc1ncn[nH]1)NC(N)=O. The Morgan fingerprint density at radius 2 is 2.53 bits per heavy atom. The minimum Gasteiger partial charge on any atom is -0.351 e. The third-order valence-electron chi connectivity index (χ3n) is 1.47. The fourth-order valence-corrected chi connectivity index (χ4v) is 1.68. The number of H-pyrrole nitrogens is 1. The van der Waals surface area contributed by atoms with E-state index in [0.717, 1.165) is 11.6 Å². The number of aromatic amines is 1. The van der Waals surface area contributed by atoms with E-state index in [1.807, 2.05) is 0 Å². The number of hydrogen-bond donors (Lipinski definition) is 4. The van der Waals surface area contributed by atoms with Crippen molar-refractivity contribution in [2.45, 2.75) is 12.2 Å². The van der Waals surface area contributed by atoms with E-state index in [9.17, 15) is 4.79 Å². The zero-order valence-electron chi connectivity index (χ0n) is 7.99. The molecule has 1 rings (SSSR count). The number of thioether (sulfide) groups is 1. The van der Waals surface area contributed by atoms with Crippen molar-refractivity contribution < 1.29 is 4.79 Å². The molecule has 0 radical (unpaired) electrons. The van der Waals surface area contributed by atoms with Crippen LogP contribution in [0.2, 0.25) is 0 Å². The van der Waals surface area contributed by atoms with Crippen LogP contribution in [0.4, 0.5) is 4.79 Å². The highest BCUT2D eigenvalue weighted by Crippen LogP contribution is 2.08. The second-order valence-corrected chi connectivity index (χ2v) is 3.81. The molecule has 0 aliphatic rings. The first-order chi connectivity index (χ1) is 7.18. The molecule has 82 valence electrons. The standard InChI is InChI=1S/C7H12N6OS/c8-5(12-7(9)14)1-2-15-3-6-10-4-11-13-6/h4H,1-3H2,(H,10,11,13)(H4,8,9,12,14). The van der Waals surface area contributed by atoms with Crippen LogP contribution in [0, 0.1) is 5.41 Å². The van der Waals surface area contributed by atoms with Gasteiger partial charge in [-0.25, -0.2) is 9.78 Å². The highest BCUT2D eigenvalue weighted by molar-refractivity contribution is 7.98. The lowest BCUT2D eigenvalue weighted by Crippen LogP contribution is -2.34. The van der Waals surface area contributed by atoms with Crippen molar-refractivity contribution in [2.75, 3.05) is 5.75 Å². The van der Waals surface area contributed by atoms with Crippen molar-refractivity contribution in [2.24, 2.45) is 5.73 Å². The summed E-state index contributed by atoms with van der Waals surface area (Å²) >= 11 is 1.60. The monoisotopic (exact) mass is 228 g/mol. The van der Waals surface area contributed by atoms with Crippen molar-refractivity contribution in [1.29, 1.82) is 5.41 Å². The molecular weight excluding hydrogens is 216 g/mol. The number of nitrogens with zero attached hydrogens (tertiary/aromatic N) is 2. The Morgan fingerprint density at radius 3 is 3.13 bits per heavy atom. The Hall–Kier alpha value is -1.57. The van der Waals surface area contributed by atoms with Crippen LogP contribution in [0.25, 0.3) is 0 Å². The molecule has 1 aromatic rings. The summed E-state index contributed by atoms with van der Waals surface area (Å²) < 4.78 is 0. The number of hydrogen-bond acceptors (Lipinski definition) is 5. The highest BCUT2D eigenvalue weighted by atomic mass is 32.2. The zero-order chi connectivity index (χ0) is 11.1. The van der Waals surface area contributed by atoms with Crippen molar-refractivity contribution >= 4 is 23.6 Å². The highest BCUT2D eigenvalue weighted by Gasteiger charge is 2.00. The molecule has 0 aromatic carbocycles. The first-order valence-corrected chi connectivity index (χ1v) is 5.40. The van der Waals surface area contributed by atoms with E-state index >= 15 is 0 Å². The van der Waals surface area contributed by atoms with Gasteiger partial charge in [-0.2, -0.15) is 16.9 Å². The number of primary amides is 1. The Kier molecular flexibility index (Phi) is 4.61. The normalized spacial score (nSPS) is 9.87. The summed E-state index contributed by atoms with van der Waals surface area (Å²) in [5, 5.41) is 16.0. The molecule has 2 amide bonds. The van der Waals surface area contributed by atoms with Gasteiger partial charge in [0.2, 0.25) is 0 Å². The van der Waals surface area contributed by atoms with Crippen LogP contribution in [0.15, 0.2) is 6.33 Å². The van der Waals surface area contributed by atoms with Gasteiger partial charge in [-0.3, -0.25) is 15.8 Å². The lowest BCUT2D eigenvalue weighted by atomic mass is 10.4. The van der Waals surface area contributed by atoms with Crippen LogP contribution in [0.3, 0.4) is 0 Å². The number of nitrogens with two attached hydrogens (primary N) is 1. The topological polar surface area (TPSA) is 121 Å². The average molecular weight is 228 g/mol. The van der Waals surface area contributed by atoms with Gasteiger partial charge in [-0.1, -0.05) is 0 Å². The largest absolute Gasteiger partial charge is 0.351 e. The molecule has 5 N–H and O–H groups in total. The first-order valence-electron chi connectivity index (χ1n) is 4.24. The number of amides is 2. The van der Waals surface area contributed by atoms with E-state index in [4.69, 9.17) is 11.1 Å². The predicted octanol–water partition coefficient (Wildman–Crippen LogP) is 0.0736. The number of nitrogens with one attached hydrogen (secondary N) is 3. The predicted molar refractivity (Wildman–Crippen MR) is 57.6 cm³/mol. The minimum atomic E-state index is -0.694. The molecule has 1 aromatic heterocycles. The first kappa shape index (κ1) is 11.5. The molecule has 0 fully saturated rings. The average Bonchev–Trinajstić information content (AvgIpc) is 2.63. The summed E-state index contributed by atoms with van der Waals surface area (Å²) in [5.74, 6) is 2.37. The minimum absolute atomic E-state index is 0.132. The maximum Gasteiger partial charge on any atom is 0.317 e. The lowest BCUT2D eigenvalue weighted by Gasteiger charge is -2.02. The fourth-order valence-electron chi connectivity index (χ4n) is 0.855. The molecule has 0 bridgehead atoms. The van der Waals surface area contributed by atoms with Gasteiger partial charge in [0.05, 0.1) is 5.75 Å². The third kappa shape index (κ3) is 5.01. The number of urea groups is 1. The van der Waals surface area contributed by atoms with E-state index in [2.05, 4.69) is 20.5 Å². The second-order valence-electron chi connectivity index (χ2n) is 2.70. The quantitative estimate of drug-likeness (QED) is 0.324. The Balaban J connectivity index is 2.06. The van der Waals surface area contributed by atoms with Crippen molar-refractivity contribution in [3.8, 4) is 0 Å². The molecule has 0 spiro atoms. The van der Waals surface area contributed by atoms with Crippen LogP contribution in [-0.4, -0.2) is 32.8 Å². The second kappa shape index (κ2) is 6.02. The van der Waals surface area contributed by atoms with Gasteiger partial charge in [-0.15, -0.1) is 0 Å². The van der Waals surface area contributed by atoms with E-state index in [0.29, 0.717) is 12.2 Å². The summed E-state index contributed by atoms with van der Waals surface area (Å²) in [7, 11) is 0. The molecule has 1 heterocycles. The molecule has 0 aliphatic heterocycles. The maximum absolute atomic E-state index is 10.4. The summed E-state index contributed by atoms with van der Waals surface area (Å²) in [6.07, 6.45) is 1.92. The number of rotatable bonds is 5. The molecule has 0 saturated heterocycles. The van der Waals surface area contributed by atoms with Gasteiger partial charge < -0.3 is 5.73 Å². The van der Waals surface area contributed by atoms with Gasteiger partial charge in [0.1, 0.15) is 18.0 Å². The molecule has 0 saturated carbocycles. The van der Waals surface area contributed by atoms with Crippen LogP contribution in [-0.2, 0) is 5.75 Å². The Labute approximate surface area is 90.7 Å². The van der Waals surface area contributed by atoms with Crippen molar-refractivity contribution in [3.63, 3.8) is 0 Å². The Morgan fingerprint density at radius 1 is 1.73 bits per heavy atom. The number of carbonyl (C=O) groups excluding carboxylic acids is 1. The Bertz CT molecular complexity index is 324. The summed E-state index contributed by atoms with van der Waals surface area (Å²) in [6.45, 7) is 0. The van der Waals surface area contributed by atoms with Gasteiger partial charge in [0, 0.05) is 12.2 Å². The molecule has 15 heavy (non-hydrogen) atoms. The zero-order valence-corrected chi connectivity index (χ0v) is 8.80. The van der Waals surface area contributed by atoms with Gasteiger partial charge in [0.25, 0.3) is 0 Å². The number of carbonyl (C=O) groups is 1. The van der Waals surface area contributed by atoms with E-state index in [1.165, 1.54) is 6.33 Å². The number of aromatic nitrogens is 3. The van der Waals surface area contributed by atoms with Crippen LogP contribution >= 0.6 is 11.8 Å². The van der Waals surface area contributed by atoms with Crippen LogP contribution in [0.5, 0.6) is 0 Å². The van der Waals surface area contributed by atoms with Crippen LogP contribution < -0.4 is 11.1 Å². The molecular formula is C7H12N6OS. The molecule has 7 nitrogen and oxygen atoms in total. The van der Waals surface area contributed by atoms with Crippen LogP contribution in [0.1, 0.15) is 12.2 Å². The van der Waals surface area contributed by atoms with Gasteiger partial charge in [-0.05, 0) is 0 Å². The lowest BCUT2D eigenvalue weighted by molar-refractivity contribution is 0.253. The van der Waals surface area contributed by atoms with Crippen molar-refractivity contribution in [3.05, 3.63) is 12.2 Å². The smallest absolute Gasteiger partial charge is 0.317 e. The number of amidine groups is 1. The van der Waals surface area contributed by atoms with E-state index in [-0.39, 0.29) is 5.84 Å². The molecule has 8 heteroatoms. The fraction of sp³-hybridized carbons (Fsp3) is 0.429. The van der Waals surface area contributed by atoms with Gasteiger partial charge in [0.15, 0.2) is 0 Å². The van der Waals surface area contributed by atoms with Gasteiger partial charge >= 0.3 is 6.03 Å². The molecule has 0 aliphatic carbocycles. The summed E-state index contributed by atoms with van der Waals surface area (Å²) in [4.78, 5) is 14.3. The molecule has 0 unspecified atom stereocenters.